The summed E-state index contributed by atoms with van der Waals surface area (Å²) in [6.45, 7) is 7.30. The first-order valence-corrected chi connectivity index (χ1v) is 5.46. The number of ether oxygens (including phenoxy) is 1. The van der Waals surface area contributed by atoms with Crippen molar-refractivity contribution < 1.29 is 9.53 Å². The van der Waals surface area contributed by atoms with Gasteiger partial charge in [-0.25, -0.2) is 0 Å². The van der Waals surface area contributed by atoms with Crippen LogP contribution >= 0.6 is 0 Å². The molecule has 0 atom stereocenters. The molecule has 0 amide bonds. The highest BCUT2D eigenvalue weighted by Crippen LogP contribution is 2.20. The summed E-state index contributed by atoms with van der Waals surface area (Å²) in [5, 5.41) is 3.45. The molecule has 0 heterocycles. The van der Waals surface area contributed by atoms with Gasteiger partial charge in [0.15, 0.2) is 0 Å². The fraction of sp³-hybridized carbons (Fsp3) is 0.909. The van der Waals surface area contributed by atoms with Crippen molar-refractivity contribution in [3.05, 3.63) is 0 Å². The molecule has 0 radical (unpaired) electrons. The predicted octanol–water partition coefficient (Wildman–Crippen LogP) is 2.11. The molecule has 0 aliphatic carbocycles. The second kappa shape index (κ2) is 6.82. The lowest BCUT2D eigenvalue weighted by Crippen LogP contribution is -2.46. The molecule has 0 saturated carbocycles. The van der Waals surface area contributed by atoms with Crippen molar-refractivity contribution in [2.75, 3.05) is 13.7 Å². The number of nitrogens with one attached hydrogen (secondary N) is 1. The van der Waals surface area contributed by atoms with Gasteiger partial charge in [-0.15, -0.1) is 0 Å². The van der Waals surface area contributed by atoms with Gasteiger partial charge in [0.25, 0.3) is 0 Å². The Morgan fingerprint density at radius 3 is 2.21 bits per heavy atom. The molecule has 3 nitrogen and oxygen atoms in total. The molecule has 0 aromatic rings. The van der Waals surface area contributed by atoms with Gasteiger partial charge in [-0.05, 0) is 25.8 Å². The second-order valence-electron chi connectivity index (χ2n) is 3.67. The third-order valence-corrected chi connectivity index (χ3v) is 2.81. The summed E-state index contributed by atoms with van der Waals surface area (Å²) in [7, 11) is 1.44. The molecule has 0 spiro atoms. The van der Waals surface area contributed by atoms with Crippen LogP contribution in [0.15, 0.2) is 0 Å². The first kappa shape index (κ1) is 13.4. The predicted molar refractivity (Wildman–Crippen MR) is 58.2 cm³/mol. The molecule has 84 valence electrons. The lowest BCUT2D eigenvalue weighted by Gasteiger charge is -2.32. The van der Waals surface area contributed by atoms with Gasteiger partial charge in [0.1, 0.15) is 0 Å². The van der Waals surface area contributed by atoms with Gasteiger partial charge in [0.05, 0.1) is 13.5 Å². The zero-order chi connectivity index (χ0) is 11.0. The lowest BCUT2D eigenvalue weighted by atomic mass is 9.89. The van der Waals surface area contributed by atoms with E-state index in [-0.39, 0.29) is 11.5 Å². The maximum Gasteiger partial charge on any atom is 0.307 e. The van der Waals surface area contributed by atoms with E-state index in [2.05, 4.69) is 26.1 Å². The number of hydrogen-bond acceptors (Lipinski definition) is 3. The number of methoxy groups -OCH3 is 1. The highest BCUT2D eigenvalue weighted by atomic mass is 16.5. The Morgan fingerprint density at radius 1 is 1.29 bits per heavy atom. The topological polar surface area (TPSA) is 38.3 Å². The third kappa shape index (κ3) is 4.09. The minimum atomic E-state index is -0.127. The van der Waals surface area contributed by atoms with Gasteiger partial charge in [0.2, 0.25) is 0 Å². The molecule has 0 aliphatic rings. The van der Waals surface area contributed by atoms with Crippen LogP contribution in [0.25, 0.3) is 0 Å². The maximum absolute atomic E-state index is 11.2. The minimum Gasteiger partial charge on any atom is -0.469 e. The summed E-state index contributed by atoms with van der Waals surface area (Å²) in [5.41, 5.74) is -0.0664. The van der Waals surface area contributed by atoms with Crippen molar-refractivity contribution in [3.63, 3.8) is 0 Å². The molecule has 0 saturated heterocycles. The molecule has 3 heteroatoms. The average molecular weight is 201 g/mol. The lowest BCUT2D eigenvalue weighted by molar-refractivity contribution is -0.142. The van der Waals surface area contributed by atoms with Gasteiger partial charge in [-0.1, -0.05) is 20.8 Å². The van der Waals surface area contributed by atoms with Crippen LogP contribution in [0.5, 0.6) is 0 Å². The van der Waals surface area contributed by atoms with Crippen LogP contribution in [0.4, 0.5) is 0 Å². The third-order valence-electron chi connectivity index (χ3n) is 2.81. The molecule has 0 bridgehead atoms. The molecule has 0 aromatic heterocycles. The molecule has 0 rings (SSSR count). The molecular formula is C11H23NO2. The standard InChI is InChI=1S/C11H23NO2/c1-5-8-12-11(6-2,7-3)9-10(13)14-4/h12H,5-9H2,1-4H3. The summed E-state index contributed by atoms with van der Waals surface area (Å²) < 4.78 is 4.71. The number of rotatable bonds is 7. The van der Waals surface area contributed by atoms with E-state index < -0.39 is 0 Å². The Hall–Kier alpha value is -0.570. The first-order chi connectivity index (χ1) is 6.64. The number of carbonyl (C=O) groups excluding carboxylic acids is 1. The van der Waals surface area contributed by atoms with Crippen molar-refractivity contribution in [1.29, 1.82) is 0 Å². The Morgan fingerprint density at radius 2 is 1.86 bits per heavy atom. The van der Waals surface area contributed by atoms with Gasteiger partial charge in [-0.3, -0.25) is 4.79 Å². The zero-order valence-corrected chi connectivity index (χ0v) is 9.85. The van der Waals surface area contributed by atoms with Crippen molar-refractivity contribution in [2.24, 2.45) is 0 Å². The van der Waals surface area contributed by atoms with E-state index in [9.17, 15) is 4.79 Å². The number of carbonyl (C=O) groups is 1. The van der Waals surface area contributed by atoms with Gasteiger partial charge >= 0.3 is 5.97 Å². The number of hydrogen-bond donors (Lipinski definition) is 1. The van der Waals surface area contributed by atoms with Crippen LogP contribution in [-0.2, 0) is 9.53 Å². The molecular weight excluding hydrogens is 178 g/mol. The van der Waals surface area contributed by atoms with E-state index in [4.69, 9.17) is 4.74 Å². The van der Waals surface area contributed by atoms with Gasteiger partial charge in [0, 0.05) is 5.54 Å². The van der Waals surface area contributed by atoms with Crippen LogP contribution in [-0.4, -0.2) is 25.2 Å². The van der Waals surface area contributed by atoms with Crippen LogP contribution in [0.2, 0.25) is 0 Å². The van der Waals surface area contributed by atoms with E-state index in [0.717, 1.165) is 25.8 Å². The molecule has 0 aliphatic heterocycles. The summed E-state index contributed by atoms with van der Waals surface area (Å²) in [6.07, 6.45) is 3.47. The summed E-state index contributed by atoms with van der Waals surface area (Å²) >= 11 is 0. The van der Waals surface area contributed by atoms with Crippen molar-refractivity contribution >= 4 is 5.97 Å². The number of esters is 1. The van der Waals surface area contributed by atoms with E-state index >= 15 is 0 Å². The van der Waals surface area contributed by atoms with E-state index in [0.29, 0.717) is 6.42 Å². The van der Waals surface area contributed by atoms with Crippen molar-refractivity contribution in [3.8, 4) is 0 Å². The summed E-state index contributed by atoms with van der Waals surface area (Å²) in [6, 6.07) is 0. The maximum atomic E-state index is 11.2. The molecule has 0 unspecified atom stereocenters. The molecule has 1 N–H and O–H groups in total. The van der Waals surface area contributed by atoms with Crippen LogP contribution in [0, 0.1) is 0 Å². The van der Waals surface area contributed by atoms with Crippen molar-refractivity contribution in [2.45, 2.75) is 52.0 Å². The Labute approximate surface area is 87.2 Å². The van der Waals surface area contributed by atoms with Crippen molar-refractivity contribution in [1.82, 2.24) is 5.32 Å². The molecule has 14 heavy (non-hydrogen) atoms. The summed E-state index contributed by atoms with van der Waals surface area (Å²) in [4.78, 5) is 11.2. The quantitative estimate of drug-likeness (QED) is 0.641. The average Bonchev–Trinajstić information content (AvgIpc) is 2.24. The smallest absolute Gasteiger partial charge is 0.307 e. The first-order valence-electron chi connectivity index (χ1n) is 5.46. The Kier molecular flexibility index (Phi) is 6.54. The largest absolute Gasteiger partial charge is 0.469 e. The second-order valence-corrected chi connectivity index (χ2v) is 3.67. The highest BCUT2D eigenvalue weighted by molar-refractivity contribution is 5.70. The monoisotopic (exact) mass is 201 g/mol. The molecule has 0 fully saturated rings. The fourth-order valence-corrected chi connectivity index (χ4v) is 1.55. The molecule has 0 aromatic carbocycles. The Bertz CT molecular complexity index is 165. The summed E-state index contributed by atoms with van der Waals surface area (Å²) in [5.74, 6) is -0.127. The van der Waals surface area contributed by atoms with Gasteiger partial charge in [-0.2, -0.15) is 0 Å². The van der Waals surface area contributed by atoms with E-state index in [1.807, 2.05) is 0 Å². The minimum absolute atomic E-state index is 0.0664. The van der Waals surface area contributed by atoms with E-state index in [1.54, 1.807) is 0 Å². The fourth-order valence-electron chi connectivity index (χ4n) is 1.55. The normalized spacial score (nSPS) is 11.4. The van der Waals surface area contributed by atoms with Crippen LogP contribution in [0.3, 0.4) is 0 Å². The van der Waals surface area contributed by atoms with Crippen LogP contribution in [0.1, 0.15) is 46.5 Å². The zero-order valence-electron chi connectivity index (χ0n) is 9.85. The Balaban J connectivity index is 4.28. The SMILES string of the molecule is CCCNC(CC)(CC)CC(=O)OC. The highest BCUT2D eigenvalue weighted by Gasteiger charge is 2.28. The van der Waals surface area contributed by atoms with Crippen LogP contribution < -0.4 is 5.32 Å². The van der Waals surface area contributed by atoms with Gasteiger partial charge < -0.3 is 10.1 Å². The van der Waals surface area contributed by atoms with E-state index in [1.165, 1.54) is 7.11 Å².